The van der Waals surface area contributed by atoms with Crippen LogP contribution in [0.5, 0.6) is 0 Å². The molecule has 0 radical (unpaired) electrons. The van der Waals surface area contributed by atoms with E-state index in [9.17, 15) is 4.79 Å². The van der Waals surface area contributed by atoms with E-state index < -0.39 is 0 Å². The van der Waals surface area contributed by atoms with E-state index >= 15 is 0 Å². The van der Waals surface area contributed by atoms with Gasteiger partial charge in [-0.2, -0.15) is 11.8 Å². The fourth-order valence-corrected chi connectivity index (χ4v) is 1.95. The molecule has 0 bridgehead atoms. The number of nitrogens with one attached hydrogen (secondary N) is 1. The first-order valence-electron chi connectivity index (χ1n) is 5.74. The summed E-state index contributed by atoms with van der Waals surface area (Å²) in [5, 5.41) is 3.36. The third kappa shape index (κ3) is 6.90. The molecule has 0 aromatic carbocycles. The number of thioether (sulfide) groups is 1. The van der Waals surface area contributed by atoms with E-state index in [-0.39, 0.29) is 5.97 Å². The zero-order chi connectivity index (χ0) is 12.4. The summed E-state index contributed by atoms with van der Waals surface area (Å²) in [6, 6.07) is 0.469. The molecule has 0 fully saturated rings. The van der Waals surface area contributed by atoms with Crippen LogP contribution < -0.4 is 5.32 Å². The maximum Gasteiger partial charge on any atom is 0.333 e. The second kappa shape index (κ2) is 9.73. The number of esters is 1. The summed E-state index contributed by atoms with van der Waals surface area (Å²) in [6.45, 7) is 6.99. The minimum absolute atomic E-state index is 0.222. The van der Waals surface area contributed by atoms with Crippen LogP contribution in [0.4, 0.5) is 0 Å². The lowest BCUT2D eigenvalue weighted by Crippen LogP contribution is -2.28. The Kier molecular flexibility index (Phi) is 9.43. The minimum atomic E-state index is -0.222. The van der Waals surface area contributed by atoms with E-state index in [4.69, 9.17) is 0 Å². The summed E-state index contributed by atoms with van der Waals surface area (Å²) in [5.41, 5.74) is 0.741. The Balaban J connectivity index is 3.91. The molecule has 94 valence electrons. The van der Waals surface area contributed by atoms with Gasteiger partial charge in [-0.15, -0.1) is 0 Å². The number of methoxy groups -OCH3 is 1. The average Bonchev–Trinajstić information content (AvgIpc) is 2.31. The lowest BCUT2D eigenvalue weighted by atomic mass is 10.2. The SMILES string of the molecule is CCSCC(C)NC/C=C(/CC)C(=O)OC. The molecule has 0 aromatic heterocycles. The Morgan fingerprint density at radius 1 is 1.50 bits per heavy atom. The molecule has 0 aliphatic carbocycles. The van der Waals surface area contributed by atoms with Gasteiger partial charge >= 0.3 is 5.97 Å². The first-order valence-corrected chi connectivity index (χ1v) is 6.89. The lowest BCUT2D eigenvalue weighted by molar-refractivity contribution is -0.136. The van der Waals surface area contributed by atoms with E-state index in [1.54, 1.807) is 0 Å². The molecule has 1 N–H and O–H groups in total. The van der Waals surface area contributed by atoms with Gasteiger partial charge in [-0.05, 0) is 19.1 Å². The van der Waals surface area contributed by atoms with Gasteiger partial charge in [-0.25, -0.2) is 4.79 Å². The molecule has 3 nitrogen and oxygen atoms in total. The molecule has 4 heteroatoms. The molecule has 0 amide bonds. The zero-order valence-electron chi connectivity index (χ0n) is 10.7. The number of carbonyl (C=O) groups excluding carboxylic acids is 1. The van der Waals surface area contributed by atoms with Gasteiger partial charge in [-0.3, -0.25) is 0 Å². The molecule has 0 aromatic rings. The number of hydrogen-bond acceptors (Lipinski definition) is 4. The number of hydrogen-bond donors (Lipinski definition) is 1. The van der Waals surface area contributed by atoms with Gasteiger partial charge in [0.2, 0.25) is 0 Å². The maximum atomic E-state index is 11.3. The van der Waals surface area contributed by atoms with Crippen LogP contribution >= 0.6 is 11.8 Å². The van der Waals surface area contributed by atoms with Crippen molar-refractivity contribution in [1.82, 2.24) is 5.32 Å². The number of rotatable bonds is 8. The van der Waals surface area contributed by atoms with Crippen molar-refractivity contribution in [1.29, 1.82) is 0 Å². The van der Waals surface area contributed by atoms with Crippen molar-refractivity contribution in [2.24, 2.45) is 0 Å². The van der Waals surface area contributed by atoms with Crippen LogP contribution in [0.2, 0.25) is 0 Å². The van der Waals surface area contributed by atoms with Crippen LogP contribution in [0.25, 0.3) is 0 Å². The second-order valence-electron chi connectivity index (χ2n) is 3.54. The lowest BCUT2D eigenvalue weighted by Gasteiger charge is -2.11. The fourth-order valence-electron chi connectivity index (χ4n) is 1.24. The van der Waals surface area contributed by atoms with Gasteiger partial charge in [-0.1, -0.05) is 19.9 Å². The van der Waals surface area contributed by atoms with Crippen LogP contribution in [0.15, 0.2) is 11.6 Å². The van der Waals surface area contributed by atoms with E-state index in [2.05, 4.69) is 23.9 Å². The molecule has 0 rings (SSSR count). The van der Waals surface area contributed by atoms with Crippen LogP contribution in [0, 0.1) is 0 Å². The topological polar surface area (TPSA) is 38.3 Å². The summed E-state index contributed by atoms with van der Waals surface area (Å²) >= 11 is 1.92. The van der Waals surface area contributed by atoms with Gasteiger partial charge in [0.15, 0.2) is 0 Å². The van der Waals surface area contributed by atoms with Crippen molar-refractivity contribution in [3.05, 3.63) is 11.6 Å². The Hall–Kier alpha value is -0.480. The summed E-state index contributed by atoms with van der Waals surface area (Å²) in [4.78, 5) is 11.3. The fraction of sp³-hybridized carbons (Fsp3) is 0.750. The van der Waals surface area contributed by atoms with Gasteiger partial charge in [0.05, 0.1) is 7.11 Å². The molecule has 0 heterocycles. The molecule has 0 aliphatic rings. The number of ether oxygens (including phenoxy) is 1. The van der Waals surface area contributed by atoms with Crippen LogP contribution in [-0.4, -0.2) is 37.2 Å². The van der Waals surface area contributed by atoms with E-state index in [1.807, 2.05) is 24.8 Å². The van der Waals surface area contributed by atoms with Crippen LogP contribution in [0.3, 0.4) is 0 Å². The third-order valence-electron chi connectivity index (χ3n) is 2.22. The monoisotopic (exact) mass is 245 g/mol. The summed E-state index contributed by atoms with van der Waals surface area (Å²) in [6.07, 6.45) is 2.63. The normalized spacial score (nSPS) is 13.6. The predicted octanol–water partition coefficient (Wildman–Crippen LogP) is 2.23. The van der Waals surface area contributed by atoms with Crippen LogP contribution in [-0.2, 0) is 9.53 Å². The third-order valence-corrected chi connectivity index (χ3v) is 3.36. The van der Waals surface area contributed by atoms with E-state index in [0.717, 1.165) is 23.6 Å². The molecule has 1 atom stereocenters. The van der Waals surface area contributed by atoms with Crippen LogP contribution in [0.1, 0.15) is 27.2 Å². The van der Waals surface area contributed by atoms with Gasteiger partial charge in [0.1, 0.15) is 0 Å². The first-order chi connectivity index (χ1) is 7.65. The zero-order valence-corrected chi connectivity index (χ0v) is 11.5. The van der Waals surface area contributed by atoms with E-state index in [0.29, 0.717) is 12.5 Å². The predicted molar refractivity (Wildman–Crippen MR) is 70.9 cm³/mol. The molecular formula is C12H23NO2S. The van der Waals surface area contributed by atoms with Gasteiger partial charge in [0, 0.05) is 23.9 Å². The summed E-state index contributed by atoms with van der Waals surface area (Å²) in [7, 11) is 1.42. The summed E-state index contributed by atoms with van der Waals surface area (Å²) in [5.74, 6) is 2.02. The highest BCUT2D eigenvalue weighted by Gasteiger charge is 2.06. The Morgan fingerprint density at radius 3 is 2.69 bits per heavy atom. The molecule has 16 heavy (non-hydrogen) atoms. The number of carbonyl (C=O) groups is 1. The minimum Gasteiger partial charge on any atom is -0.466 e. The highest BCUT2D eigenvalue weighted by Crippen LogP contribution is 2.03. The molecule has 0 saturated heterocycles. The highest BCUT2D eigenvalue weighted by atomic mass is 32.2. The standard InChI is InChI=1S/C12H23NO2S/c1-5-11(12(14)15-4)7-8-13-10(3)9-16-6-2/h7,10,13H,5-6,8-9H2,1-4H3/b11-7-. The molecular weight excluding hydrogens is 222 g/mol. The smallest absolute Gasteiger partial charge is 0.333 e. The molecule has 0 spiro atoms. The van der Waals surface area contributed by atoms with Crippen molar-refractivity contribution in [3.8, 4) is 0 Å². The van der Waals surface area contributed by atoms with Crippen molar-refractivity contribution in [2.75, 3.05) is 25.2 Å². The molecule has 0 aliphatic heterocycles. The Labute approximate surface area is 103 Å². The van der Waals surface area contributed by atoms with Crippen molar-refractivity contribution in [3.63, 3.8) is 0 Å². The molecule has 1 unspecified atom stereocenters. The maximum absolute atomic E-state index is 11.3. The Bertz CT molecular complexity index is 229. The highest BCUT2D eigenvalue weighted by molar-refractivity contribution is 7.99. The van der Waals surface area contributed by atoms with E-state index in [1.165, 1.54) is 7.11 Å². The Morgan fingerprint density at radius 2 is 2.19 bits per heavy atom. The quantitative estimate of drug-likeness (QED) is 0.526. The molecule has 0 saturated carbocycles. The first kappa shape index (κ1) is 15.5. The van der Waals surface area contributed by atoms with Crippen molar-refractivity contribution < 1.29 is 9.53 Å². The van der Waals surface area contributed by atoms with Crippen molar-refractivity contribution >= 4 is 17.7 Å². The average molecular weight is 245 g/mol. The van der Waals surface area contributed by atoms with Gasteiger partial charge in [0.25, 0.3) is 0 Å². The van der Waals surface area contributed by atoms with Crippen molar-refractivity contribution in [2.45, 2.75) is 33.2 Å². The summed E-state index contributed by atoms with van der Waals surface area (Å²) < 4.78 is 4.69. The van der Waals surface area contributed by atoms with Gasteiger partial charge < -0.3 is 10.1 Å². The largest absolute Gasteiger partial charge is 0.466 e. The second-order valence-corrected chi connectivity index (χ2v) is 4.86.